The summed E-state index contributed by atoms with van der Waals surface area (Å²) in [6.45, 7) is 14.0. The van der Waals surface area contributed by atoms with Gasteiger partial charge in [-0.3, -0.25) is 4.79 Å². The number of methoxy groups -OCH3 is 1. The van der Waals surface area contributed by atoms with Crippen LogP contribution in [0.2, 0.25) is 0 Å². The molecular weight excluding hydrogens is 316 g/mol. The summed E-state index contributed by atoms with van der Waals surface area (Å²) in [4.78, 5) is 12.1. The van der Waals surface area contributed by atoms with Gasteiger partial charge in [-0.25, -0.2) is 4.68 Å². The molecule has 0 saturated carbocycles. The third-order valence-electron chi connectivity index (χ3n) is 3.15. The second kappa shape index (κ2) is 8.66. The van der Waals surface area contributed by atoms with E-state index in [2.05, 4.69) is 57.3 Å². The maximum Gasteiger partial charge on any atom is 0.239 e. The number of anilines is 1. The van der Waals surface area contributed by atoms with E-state index in [0.29, 0.717) is 13.2 Å². The molecule has 0 fully saturated rings. The molecule has 7 heteroatoms. The normalized spacial score (nSPS) is 12.0. The van der Waals surface area contributed by atoms with Crippen LogP contribution in [0, 0.1) is 0 Å². The van der Waals surface area contributed by atoms with Crippen molar-refractivity contribution < 1.29 is 9.53 Å². The fourth-order valence-corrected chi connectivity index (χ4v) is 1.91. The SMILES string of the molecule is COCCNCC(=O)Nc1cc(C(C)(C)C)nn1C(C)(C)C.Cl. The second-order valence-electron chi connectivity index (χ2n) is 7.47. The van der Waals surface area contributed by atoms with Crippen LogP contribution in [0.1, 0.15) is 47.2 Å². The van der Waals surface area contributed by atoms with Gasteiger partial charge in [0.05, 0.1) is 24.4 Å². The van der Waals surface area contributed by atoms with Crippen molar-refractivity contribution >= 4 is 24.1 Å². The van der Waals surface area contributed by atoms with E-state index in [1.807, 2.05) is 10.7 Å². The van der Waals surface area contributed by atoms with Crippen LogP contribution in [0.15, 0.2) is 6.07 Å². The predicted octanol–water partition coefficient (Wildman–Crippen LogP) is 2.53. The van der Waals surface area contributed by atoms with Gasteiger partial charge in [0.25, 0.3) is 0 Å². The lowest BCUT2D eigenvalue weighted by molar-refractivity contribution is -0.115. The molecule has 1 aromatic rings. The quantitative estimate of drug-likeness (QED) is 0.777. The van der Waals surface area contributed by atoms with Crippen molar-refractivity contribution in [2.45, 2.75) is 52.5 Å². The van der Waals surface area contributed by atoms with E-state index in [0.717, 1.165) is 11.5 Å². The molecular formula is C16H31ClN4O2. The number of hydrogen-bond donors (Lipinski definition) is 2. The Morgan fingerprint density at radius 3 is 2.35 bits per heavy atom. The van der Waals surface area contributed by atoms with E-state index in [1.54, 1.807) is 7.11 Å². The Balaban J connectivity index is 0.00000484. The molecule has 0 spiro atoms. The third kappa shape index (κ3) is 6.89. The zero-order valence-electron chi connectivity index (χ0n) is 15.3. The highest BCUT2D eigenvalue weighted by atomic mass is 35.5. The summed E-state index contributed by atoms with van der Waals surface area (Å²) in [5.74, 6) is 0.651. The minimum atomic E-state index is -0.199. The summed E-state index contributed by atoms with van der Waals surface area (Å²) in [5, 5.41) is 10.7. The smallest absolute Gasteiger partial charge is 0.239 e. The van der Waals surface area contributed by atoms with Gasteiger partial charge in [-0.1, -0.05) is 20.8 Å². The molecule has 0 aliphatic heterocycles. The molecule has 0 bridgehead atoms. The van der Waals surface area contributed by atoms with Crippen LogP contribution in [-0.4, -0.2) is 42.5 Å². The van der Waals surface area contributed by atoms with Gasteiger partial charge in [0.15, 0.2) is 0 Å². The summed E-state index contributed by atoms with van der Waals surface area (Å²) >= 11 is 0. The summed E-state index contributed by atoms with van der Waals surface area (Å²) in [6.07, 6.45) is 0. The van der Waals surface area contributed by atoms with Gasteiger partial charge in [-0.2, -0.15) is 5.10 Å². The maximum atomic E-state index is 12.1. The van der Waals surface area contributed by atoms with Crippen molar-refractivity contribution in [1.82, 2.24) is 15.1 Å². The Hall–Kier alpha value is -1.11. The van der Waals surface area contributed by atoms with Crippen molar-refractivity contribution in [2.75, 3.05) is 32.1 Å². The summed E-state index contributed by atoms with van der Waals surface area (Å²) < 4.78 is 6.81. The Bertz CT molecular complexity index is 501. The summed E-state index contributed by atoms with van der Waals surface area (Å²) in [6, 6.07) is 1.96. The molecule has 1 amide bonds. The molecule has 0 aliphatic rings. The number of aromatic nitrogens is 2. The number of carbonyl (C=O) groups is 1. The van der Waals surface area contributed by atoms with Crippen LogP contribution in [-0.2, 0) is 20.5 Å². The summed E-state index contributed by atoms with van der Waals surface area (Å²) in [7, 11) is 1.64. The minimum Gasteiger partial charge on any atom is -0.383 e. The van der Waals surface area contributed by atoms with Gasteiger partial charge in [0, 0.05) is 25.1 Å². The molecule has 0 unspecified atom stereocenters. The number of hydrogen-bond acceptors (Lipinski definition) is 4. The fourth-order valence-electron chi connectivity index (χ4n) is 1.91. The zero-order chi connectivity index (χ0) is 17.0. The van der Waals surface area contributed by atoms with E-state index in [-0.39, 0.29) is 35.8 Å². The van der Waals surface area contributed by atoms with E-state index in [1.165, 1.54) is 0 Å². The van der Waals surface area contributed by atoms with Gasteiger partial charge >= 0.3 is 0 Å². The van der Waals surface area contributed by atoms with E-state index >= 15 is 0 Å². The molecule has 1 heterocycles. The Morgan fingerprint density at radius 2 is 1.87 bits per heavy atom. The van der Waals surface area contributed by atoms with Gasteiger partial charge in [-0.05, 0) is 20.8 Å². The monoisotopic (exact) mass is 346 g/mol. The first-order valence-electron chi connectivity index (χ1n) is 7.66. The minimum absolute atomic E-state index is 0. The standard InChI is InChI=1S/C16H30N4O2.ClH/c1-15(2,3)12-10-13(20(19-12)16(4,5)6)18-14(21)11-17-8-9-22-7;/h10,17H,8-9,11H2,1-7H3,(H,18,21);1H. The van der Waals surface area contributed by atoms with Crippen LogP contribution in [0.5, 0.6) is 0 Å². The molecule has 1 aromatic heterocycles. The Kier molecular flexibility index (Phi) is 8.24. The fraction of sp³-hybridized carbons (Fsp3) is 0.750. The first kappa shape index (κ1) is 21.9. The van der Waals surface area contributed by atoms with Crippen molar-refractivity contribution in [1.29, 1.82) is 0 Å². The van der Waals surface area contributed by atoms with E-state index in [9.17, 15) is 4.79 Å². The second-order valence-corrected chi connectivity index (χ2v) is 7.47. The van der Waals surface area contributed by atoms with Crippen molar-refractivity contribution in [3.63, 3.8) is 0 Å². The molecule has 6 nitrogen and oxygen atoms in total. The molecule has 1 rings (SSSR count). The highest BCUT2D eigenvalue weighted by Gasteiger charge is 2.25. The number of halogens is 1. The molecule has 0 atom stereocenters. The molecule has 2 N–H and O–H groups in total. The Morgan fingerprint density at radius 1 is 1.26 bits per heavy atom. The van der Waals surface area contributed by atoms with Gasteiger partial charge < -0.3 is 15.4 Å². The van der Waals surface area contributed by atoms with E-state index < -0.39 is 0 Å². The largest absolute Gasteiger partial charge is 0.383 e. The molecule has 134 valence electrons. The Labute approximate surface area is 145 Å². The van der Waals surface area contributed by atoms with Crippen molar-refractivity contribution in [3.8, 4) is 0 Å². The van der Waals surface area contributed by atoms with Crippen LogP contribution in [0.25, 0.3) is 0 Å². The lowest BCUT2D eigenvalue weighted by atomic mass is 9.92. The maximum absolute atomic E-state index is 12.1. The summed E-state index contributed by atoms with van der Waals surface area (Å²) in [5.41, 5.74) is 0.701. The van der Waals surface area contributed by atoms with Crippen LogP contribution in [0.3, 0.4) is 0 Å². The van der Waals surface area contributed by atoms with Crippen LogP contribution in [0.4, 0.5) is 5.82 Å². The third-order valence-corrected chi connectivity index (χ3v) is 3.15. The molecule has 0 saturated heterocycles. The molecule has 0 aromatic carbocycles. The zero-order valence-corrected chi connectivity index (χ0v) is 16.1. The molecule has 0 aliphatic carbocycles. The first-order valence-corrected chi connectivity index (χ1v) is 7.66. The first-order chi connectivity index (χ1) is 10.1. The highest BCUT2D eigenvalue weighted by Crippen LogP contribution is 2.28. The number of ether oxygens (including phenoxy) is 1. The van der Waals surface area contributed by atoms with Gasteiger partial charge in [-0.15, -0.1) is 12.4 Å². The van der Waals surface area contributed by atoms with Crippen LogP contribution >= 0.6 is 12.4 Å². The lowest BCUT2D eigenvalue weighted by Crippen LogP contribution is -2.32. The van der Waals surface area contributed by atoms with Gasteiger partial charge in [0.1, 0.15) is 5.82 Å². The average molecular weight is 347 g/mol. The average Bonchev–Trinajstić information content (AvgIpc) is 2.78. The highest BCUT2D eigenvalue weighted by molar-refractivity contribution is 5.91. The van der Waals surface area contributed by atoms with Crippen molar-refractivity contribution in [3.05, 3.63) is 11.8 Å². The number of amides is 1. The predicted molar refractivity (Wildman–Crippen MR) is 96.5 cm³/mol. The van der Waals surface area contributed by atoms with Crippen LogP contribution < -0.4 is 10.6 Å². The number of nitrogens with zero attached hydrogens (tertiary/aromatic N) is 2. The van der Waals surface area contributed by atoms with Gasteiger partial charge in [0.2, 0.25) is 5.91 Å². The number of carbonyl (C=O) groups excluding carboxylic acids is 1. The number of nitrogens with one attached hydrogen (secondary N) is 2. The molecule has 0 radical (unpaired) electrons. The van der Waals surface area contributed by atoms with E-state index in [4.69, 9.17) is 4.74 Å². The molecule has 23 heavy (non-hydrogen) atoms. The van der Waals surface area contributed by atoms with Crippen molar-refractivity contribution in [2.24, 2.45) is 0 Å². The topological polar surface area (TPSA) is 68.2 Å². The lowest BCUT2D eigenvalue weighted by Gasteiger charge is -2.23. The number of rotatable bonds is 6.